The number of rotatable bonds is 2. The van der Waals surface area contributed by atoms with Crippen molar-refractivity contribution >= 4 is 17.3 Å². The van der Waals surface area contributed by atoms with Gasteiger partial charge in [0.1, 0.15) is 0 Å². The lowest BCUT2D eigenvalue weighted by atomic mass is 10.2. The molecule has 0 spiro atoms. The maximum atomic E-state index is 12.3. The fourth-order valence-electron chi connectivity index (χ4n) is 2.38. The molecule has 1 saturated carbocycles. The summed E-state index contributed by atoms with van der Waals surface area (Å²) in [5.41, 5.74) is 2.14. The Kier molecular flexibility index (Phi) is 2.75. The van der Waals surface area contributed by atoms with E-state index >= 15 is 0 Å². The lowest BCUT2D eigenvalue weighted by molar-refractivity contribution is -0.118. The predicted molar refractivity (Wildman–Crippen MR) is 69.2 cm³/mol. The predicted octanol–water partition coefficient (Wildman–Crippen LogP) is 2.64. The molecule has 0 aromatic heterocycles. The molecule has 3 heteroatoms. The molecule has 0 saturated heterocycles. The third kappa shape index (κ3) is 2.28. The van der Waals surface area contributed by atoms with Crippen molar-refractivity contribution in [3.8, 4) is 0 Å². The average molecular weight is 230 g/mol. The molecule has 1 N–H and O–H groups in total. The molecule has 1 aromatic carbocycles. The Morgan fingerprint density at radius 2 is 2.18 bits per heavy atom. The zero-order chi connectivity index (χ0) is 11.7. The molecule has 1 aliphatic carbocycles. The first-order valence-electron chi connectivity index (χ1n) is 6.48. The summed E-state index contributed by atoms with van der Waals surface area (Å²) >= 11 is 0. The molecule has 17 heavy (non-hydrogen) atoms. The number of hydrogen-bond acceptors (Lipinski definition) is 2. The summed E-state index contributed by atoms with van der Waals surface area (Å²) in [6.07, 6.45) is 4.22. The third-order valence-electron chi connectivity index (χ3n) is 3.53. The third-order valence-corrected chi connectivity index (χ3v) is 3.53. The van der Waals surface area contributed by atoms with E-state index < -0.39 is 0 Å². The summed E-state index contributed by atoms with van der Waals surface area (Å²) in [5, 5.41) is 3.39. The second-order valence-electron chi connectivity index (χ2n) is 4.99. The number of benzene rings is 1. The first-order chi connectivity index (χ1) is 8.34. The molecular weight excluding hydrogens is 212 g/mol. The molecule has 0 unspecified atom stereocenters. The molecule has 0 atom stereocenters. The highest BCUT2D eigenvalue weighted by Crippen LogP contribution is 2.35. The topological polar surface area (TPSA) is 32.3 Å². The van der Waals surface area contributed by atoms with Gasteiger partial charge < -0.3 is 10.2 Å². The Bertz CT molecular complexity index is 426. The summed E-state index contributed by atoms with van der Waals surface area (Å²) in [6, 6.07) is 8.11. The summed E-state index contributed by atoms with van der Waals surface area (Å²) in [6.45, 7) is 1.79. The lowest BCUT2D eigenvalue weighted by Crippen LogP contribution is -2.31. The van der Waals surface area contributed by atoms with Crippen LogP contribution in [0.25, 0.3) is 0 Å². The quantitative estimate of drug-likeness (QED) is 0.847. The molecule has 2 aliphatic rings. The minimum absolute atomic E-state index is 0.295. The van der Waals surface area contributed by atoms with Gasteiger partial charge in [0.25, 0.3) is 0 Å². The number of amides is 1. The van der Waals surface area contributed by atoms with Crippen molar-refractivity contribution < 1.29 is 4.79 Å². The van der Waals surface area contributed by atoms with E-state index in [1.807, 2.05) is 23.1 Å². The molecule has 0 radical (unpaired) electrons. The Balaban J connectivity index is 1.85. The van der Waals surface area contributed by atoms with Crippen molar-refractivity contribution in [1.82, 2.24) is 0 Å². The fourth-order valence-corrected chi connectivity index (χ4v) is 2.38. The maximum Gasteiger partial charge on any atom is 0.227 e. The van der Waals surface area contributed by atoms with Gasteiger partial charge in [-0.05, 0) is 37.3 Å². The van der Waals surface area contributed by atoms with Crippen LogP contribution >= 0.6 is 0 Å². The van der Waals surface area contributed by atoms with Crippen molar-refractivity contribution in [2.75, 3.05) is 23.3 Å². The van der Waals surface area contributed by atoms with E-state index in [2.05, 4.69) is 11.4 Å². The van der Waals surface area contributed by atoms with Crippen LogP contribution in [0.3, 0.4) is 0 Å². The van der Waals surface area contributed by atoms with Gasteiger partial charge in [0.05, 0.1) is 11.4 Å². The lowest BCUT2D eigenvalue weighted by Gasteiger charge is -2.22. The Hall–Kier alpha value is -1.51. The molecule has 1 heterocycles. The van der Waals surface area contributed by atoms with Gasteiger partial charge in [-0.3, -0.25) is 4.79 Å². The number of para-hydroxylation sites is 2. The van der Waals surface area contributed by atoms with E-state index in [0.717, 1.165) is 37.3 Å². The Morgan fingerprint density at radius 1 is 1.35 bits per heavy atom. The van der Waals surface area contributed by atoms with Crippen molar-refractivity contribution in [1.29, 1.82) is 0 Å². The molecule has 90 valence electrons. The number of hydrogen-bond donors (Lipinski definition) is 1. The molecule has 3 nitrogen and oxygen atoms in total. The number of anilines is 2. The second-order valence-corrected chi connectivity index (χ2v) is 4.99. The SMILES string of the molecule is O=C(CC1CC1)N1CCCNc2ccccc21. The molecule has 1 amide bonds. The summed E-state index contributed by atoms with van der Waals surface area (Å²) in [5.74, 6) is 0.953. The van der Waals surface area contributed by atoms with Gasteiger partial charge in [0.2, 0.25) is 5.91 Å². The van der Waals surface area contributed by atoms with Crippen LogP contribution < -0.4 is 10.2 Å². The Labute approximate surface area is 102 Å². The van der Waals surface area contributed by atoms with E-state index in [9.17, 15) is 4.79 Å². The largest absolute Gasteiger partial charge is 0.383 e. The number of nitrogens with one attached hydrogen (secondary N) is 1. The fraction of sp³-hybridized carbons (Fsp3) is 0.500. The van der Waals surface area contributed by atoms with Gasteiger partial charge in [-0.2, -0.15) is 0 Å². The molecular formula is C14H18N2O. The number of fused-ring (bicyclic) bond motifs is 1. The van der Waals surface area contributed by atoms with Crippen molar-refractivity contribution in [2.24, 2.45) is 5.92 Å². The van der Waals surface area contributed by atoms with E-state index in [4.69, 9.17) is 0 Å². The van der Waals surface area contributed by atoms with Crippen LogP contribution in [0.1, 0.15) is 25.7 Å². The zero-order valence-corrected chi connectivity index (χ0v) is 9.98. The summed E-state index contributed by atoms with van der Waals surface area (Å²) < 4.78 is 0. The van der Waals surface area contributed by atoms with Crippen molar-refractivity contribution in [3.63, 3.8) is 0 Å². The van der Waals surface area contributed by atoms with E-state index in [0.29, 0.717) is 11.8 Å². The molecule has 1 aliphatic heterocycles. The maximum absolute atomic E-state index is 12.3. The average Bonchev–Trinajstić information content (AvgIpc) is 3.14. The Morgan fingerprint density at radius 3 is 3.00 bits per heavy atom. The normalized spacial score (nSPS) is 19.2. The van der Waals surface area contributed by atoms with Gasteiger partial charge in [-0.1, -0.05) is 12.1 Å². The van der Waals surface area contributed by atoms with Crippen molar-refractivity contribution in [2.45, 2.75) is 25.7 Å². The monoisotopic (exact) mass is 230 g/mol. The molecule has 1 fully saturated rings. The molecule has 0 bridgehead atoms. The van der Waals surface area contributed by atoms with E-state index in [1.54, 1.807) is 0 Å². The highest BCUT2D eigenvalue weighted by Gasteiger charge is 2.28. The van der Waals surface area contributed by atoms with Crippen LogP contribution in [0.5, 0.6) is 0 Å². The van der Waals surface area contributed by atoms with Crippen LogP contribution in [-0.4, -0.2) is 19.0 Å². The van der Waals surface area contributed by atoms with Gasteiger partial charge in [0, 0.05) is 19.5 Å². The second kappa shape index (κ2) is 4.40. The molecule has 1 aromatic rings. The standard InChI is InChI=1S/C14H18N2O/c17-14(10-11-6-7-11)16-9-3-8-15-12-4-1-2-5-13(12)16/h1-2,4-5,11,15H,3,6-10H2. The van der Waals surface area contributed by atoms with Crippen LogP contribution in [0.2, 0.25) is 0 Å². The zero-order valence-electron chi connectivity index (χ0n) is 9.98. The smallest absolute Gasteiger partial charge is 0.227 e. The van der Waals surface area contributed by atoms with Crippen LogP contribution in [0, 0.1) is 5.92 Å². The van der Waals surface area contributed by atoms with E-state index in [-0.39, 0.29) is 0 Å². The first-order valence-corrected chi connectivity index (χ1v) is 6.48. The minimum atomic E-state index is 0.295. The van der Waals surface area contributed by atoms with Gasteiger partial charge in [0.15, 0.2) is 0 Å². The summed E-state index contributed by atoms with van der Waals surface area (Å²) in [7, 11) is 0. The molecule has 3 rings (SSSR count). The van der Waals surface area contributed by atoms with Gasteiger partial charge in [-0.15, -0.1) is 0 Å². The number of carbonyl (C=O) groups is 1. The van der Waals surface area contributed by atoms with Crippen LogP contribution in [-0.2, 0) is 4.79 Å². The van der Waals surface area contributed by atoms with Crippen LogP contribution in [0.15, 0.2) is 24.3 Å². The first kappa shape index (κ1) is 10.6. The highest BCUT2D eigenvalue weighted by molar-refractivity contribution is 5.97. The van der Waals surface area contributed by atoms with Gasteiger partial charge >= 0.3 is 0 Å². The van der Waals surface area contributed by atoms with Crippen LogP contribution in [0.4, 0.5) is 11.4 Å². The summed E-state index contributed by atoms with van der Waals surface area (Å²) in [4.78, 5) is 14.2. The highest BCUT2D eigenvalue weighted by atomic mass is 16.2. The number of carbonyl (C=O) groups excluding carboxylic acids is 1. The van der Waals surface area contributed by atoms with E-state index in [1.165, 1.54) is 12.8 Å². The number of nitrogens with zero attached hydrogens (tertiary/aromatic N) is 1. The van der Waals surface area contributed by atoms with Gasteiger partial charge in [-0.25, -0.2) is 0 Å². The minimum Gasteiger partial charge on any atom is -0.383 e. The van der Waals surface area contributed by atoms with Crippen molar-refractivity contribution in [3.05, 3.63) is 24.3 Å².